The molecule has 0 spiro atoms. The molecule has 1 aliphatic heterocycles. The van der Waals surface area contributed by atoms with E-state index in [4.69, 9.17) is 16.3 Å². The minimum Gasteiger partial charge on any atom is -0.493 e. The van der Waals surface area contributed by atoms with Crippen molar-refractivity contribution in [3.63, 3.8) is 0 Å². The van der Waals surface area contributed by atoms with Crippen LogP contribution in [0.4, 0.5) is 17.6 Å². The van der Waals surface area contributed by atoms with E-state index in [1.54, 1.807) is 26.0 Å². The number of benzene rings is 1. The number of nitrogens with one attached hydrogen (secondary N) is 2. The number of aliphatic hydroxyl groups is 1. The van der Waals surface area contributed by atoms with E-state index in [1.807, 2.05) is 0 Å². The largest absolute Gasteiger partial charge is 0.493 e. The highest BCUT2D eigenvalue weighted by molar-refractivity contribution is 6.30. The van der Waals surface area contributed by atoms with Crippen molar-refractivity contribution in [2.45, 2.75) is 50.6 Å². The Morgan fingerprint density at radius 3 is 2.69 bits per heavy atom. The van der Waals surface area contributed by atoms with Crippen molar-refractivity contribution in [2.75, 3.05) is 6.61 Å². The number of nitrogens with zero attached hydrogens (tertiary/aromatic N) is 1. The molecule has 0 radical (unpaired) electrons. The number of fused-ring (bicyclic) bond motifs is 2. The van der Waals surface area contributed by atoms with Gasteiger partial charge >= 0.3 is 6.18 Å². The molecule has 0 saturated heterocycles. The smallest absolute Gasteiger partial charge is 0.431 e. The SMILES string of the molecule is CC(C)(CC(O)(NCc1cc2ccnc(F)c2[nH]1)C(F)(F)F)c1cc(Cl)cc2c1OCC2. The van der Waals surface area contributed by atoms with E-state index in [0.29, 0.717) is 34.7 Å². The van der Waals surface area contributed by atoms with E-state index in [2.05, 4.69) is 15.3 Å². The highest BCUT2D eigenvalue weighted by atomic mass is 35.5. The summed E-state index contributed by atoms with van der Waals surface area (Å²) in [6.45, 7) is 3.25. The fourth-order valence-electron chi connectivity index (χ4n) is 4.18. The Bertz CT molecular complexity index is 1160. The maximum Gasteiger partial charge on any atom is 0.431 e. The van der Waals surface area contributed by atoms with Gasteiger partial charge in [-0.05, 0) is 35.2 Å². The molecule has 0 fully saturated rings. The first-order valence-electron chi connectivity index (χ1n) is 10.0. The Hall–Kier alpha value is -2.36. The van der Waals surface area contributed by atoms with Gasteiger partial charge in [-0.3, -0.25) is 5.32 Å². The van der Waals surface area contributed by atoms with Crippen LogP contribution in [0.3, 0.4) is 0 Å². The molecule has 4 rings (SSSR count). The molecule has 1 unspecified atom stereocenters. The van der Waals surface area contributed by atoms with E-state index < -0.39 is 29.7 Å². The second-order valence-corrected chi connectivity index (χ2v) is 9.11. The molecule has 0 bridgehead atoms. The maximum atomic E-state index is 14.0. The zero-order valence-corrected chi connectivity index (χ0v) is 18.2. The topological polar surface area (TPSA) is 70.2 Å². The van der Waals surface area contributed by atoms with E-state index in [9.17, 15) is 22.7 Å². The van der Waals surface area contributed by atoms with Crippen LogP contribution in [0.25, 0.3) is 10.9 Å². The molecule has 0 aliphatic carbocycles. The number of rotatable bonds is 6. The quantitative estimate of drug-likeness (QED) is 0.269. The van der Waals surface area contributed by atoms with Crippen molar-refractivity contribution in [2.24, 2.45) is 0 Å². The van der Waals surface area contributed by atoms with Crippen molar-refractivity contribution >= 4 is 22.5 Å². The average molecular weight is 472 g/mol. The zero-order chi connectivity index (χ0) is 23.3. The first kappa shape index (κ1) is 22.8. The van der Waals surface area contributed by atoms with Crippen LogP contribution in [0.15, 0.2) is 30.5 Å². The maximum absolute atomic E-state index is 14.0. The predicted molar refractivity (Wildman–Crippen MR) is 112 cm³/mol. The highest BCUT2D eigenvalue weighted by Crippen LogP contribution is 2.45. The number of ether oxygens (including phenoxy) is 1. The highest BCUT2D eigenvalue weighted by Gasteiger charge is 2.56. The molecule has 3 heterocycles. The van der Waals surface area contributed by atoms with Crippen molar-refractivity contribution in [3.8, 4) is 5.75 Å². The molecule has 5 nitrogen and oxygen atoms in total. The van der Waals surface area contributed by atoms with Crippen LogP contribution < -0.4 is 10.1 Å². The number of hydrogen-bond donors (Lipinski definition) is 3. The van der Waals surface area contributed by atoms with Crippen LogP contribution in [-0.2, 0) is 18.4 Å². The van der Waals surface area contributed by atoms with Crippen LogP contribution in [0, 0.1) is 5.95 Å². The predicted octanol–water partition coefficient (Wildman–Crippen LogP) is 5.00. The molecule has 0 amide bonds. The molecule has 32 heavy (non-hydrogen) atoms. The van der Waals surface area contributed by atoms with Gasteiger partial charge in [0.15, 0.2) is 0 Å². The van der Waals surface area contributed by atoms with Crippen LogP contribution in [-0.4, -0.2) is 33.6 Å². The van der Waals surface area contributed by atoms with Gasteiger partial charge in [-0.2, -0.15) is 17.6 Å². The van der Waals surface area contributed by atoms with Gasteiger partial charge < -0.3 is 14.8 Å². The summed E-state index contributed by atoms with van der Waals surface area (Å²) in [5.41, 5.74) is -2.67. The number of halogens is 5. The lowest BCUT2D eigenvalue weighted by Crippen LogP contribution is -2.59. The van der Waals surface area contributed by atoms with Gasteiger partial charge in [0.2, 0.25) is 11.7 Å². The Labute approximate surface area is 186 Å². The molecular formula is C22H22ClF4N3O2. The second-order valence-electron chi connectivity index (χ2n) is 8.67. The first-order chi connectivity index (χ1) is 14.9. The third kappa shape index (κ3) is 4.16. The Balaban J connectivity index is 1.62. The van der Waals surface area contributed by atoms with Crippen LogP contribution in [0.1, 0.15) is 37.1 Å². The number of pyridine rings is 1. The lowest BCUT2D eigenvalue weighted by Gasteiger charge is -2.38. The monoisotopic (exact) mass is 471 g/mol. The summed E-state index contributed by atoms with van der Waals surface area (Å²) in [7, 11) is 0. The number of aromatic amines is 1. The van der Waals surface area contributed by atoms with Crippen LogP contribution in [0.5, 0.6) is 5.75 Å². The van der Waals surface area contributed by atoms with Gasteiger partial charge in [0.05, 0.1) is 6.61 Å². The van der Waals surface area contributed by atoms with Gasteiger partial charge in [0.1, 0.15) is 11.3 Å². The molecule has 2 aromatic heterocycles. The molecule has 1 aromatic carbocycles. The molecule has 1 atom stereocenters. The van der Waals surface area contributed by atoms with E-state index in [0.717, 1.165) is 5.56 Å². The number of alkyl halides is 3. The Morgan fingerprint density at radius 1 is 1.25 bits per heavy atom. The summed E-state index contributed by atoms with van der Waals surface area (Å²) >= 11 is 6.19. The summed E-state index contributed by atoms with van der Waals surface area (Å²) in [5.74, 6) is -0.238. The standard InChI is InChI=1S/C22H22ClF4N3O2/c1-20(2,16-9-14(23)7-13-4-6-32-18(13)16)11-21(31,22(25,26)27)29-10-15-8-12-3-5-28-19(24)17(12)30-15/h3,5,7-9,29-31H,4,6,10-11H2,1-2H3. The summed E-state index contributed by atoms with van der Waals surface area (Å²) < 4.78 is 61.5. The number of hydrogen-bond acceptors (Lipinski definition) is 4. The molecule has 0 saturated carbocycles. The van der Waals surface area contributed by atoms with Crippen molar-refractivity contribution < 1.29 is 27.4 Å². The summed E-state index contributed by atoms with van der Waals surface area (Å²) in [6, 6.07) is 6.36. The van der Waals surface area contributed by atoms with Crippen LogP contribution >= 0.6 is 11.6 Å². The molecule has 172 valence electrons. The fraction of sp³-hybridized carbons (Fsp3) is 0.409. The third-order valence-corrected chi connectivity index (χ3v) is 5.99. The fourth-order valence-corrected chi connectivity index (χ4v) is 4.43. The van der Waals surface area contributed by atoms with Crippen LogP contribution in [0.2, 0.25) is 5.02 Å². The minimum atomic E-state index is -4.98. The van der Waals surface area contributed by atoms with Crippen molar-refractivity contribution in [3.05, 3.63) is 58.3 Å². The van der Waals surface area contributed by atoms with Gasteiger partial charge in [-0.15, -0.1) is 0 Å². The third-order valence-electron chi connectivity index (χ3n) is 5.77. The normalized spacial score (nSPS) is 16.1. The van der Waals surface area contributed by atoms with Crippen molar-refractivity contribution in [1.82, 2.24) is 15.3 Å². The Morgan fingerprint density at radius 2 is 2.00 bits per heavy atom. The number of H-pyrrole nitrogens is 1. The number of aromatic nitrogens is 2. The average Bonchev–Trinajstić information content (AvgIpc) is 3.31. The van der Waals surface area contributed by atoms with Gasteiger partial charge in [-0.25, -0.2) is 4.98 Å². The lowest BCUT2D eigenvalue weighted by molar-refractivity contribution is -0.280. The Kier molecular flexibility index (Phi) is 5.63. The summed E-state index contributed by atoms with van der Waals surface area (Å²) in [5, 5.41) is 13.8. The molecule has 1 aliphatic rings. The molecule has 3 N–H and O–H groups in total. The van der Waals surface area contributed by atoms with Crippen molar-refractivity contribution in [1.29, 1.82) is 0 Å². The molecule has 10 heteroatoms. The lowest BCUT2D eigenvalue weighted by atomic mass is 9.76. The zero-order valence-electron chi connectivity index (χ0n) is 17.4. The minimum absolute atomic E-state index is 0.0896. The summed E-state index contributed by atoms with van der Waals surface area (Å²) in [4.78, 5) is 6.22. The van der Waals surface area contributed by atoms with Gasteiger partial charge in [-0.1, -0.05) is 25.4 Å². The van der Waals surface area contributed by atoms with E-state index in [-0.39, 0.29) is 17.8 Å². The molecule has 3 aromatic rings. The second kappa shape index (κ2) is 7.90. The van der Waals surface area contributed by atoms with Gasteiger partial charge in [0, 0.05) is 47.2 Å². The first-order valence-corrected chi connectivity index (χ1v) is 10.4. The molecular weight excluding hydrogens is 450 g/mol. The summed E-state index contributed by atoms with van der Waals surface area (Å²) in [6.07, 6.45) is -3.79. The van der Waals surface area contributed by atoms with Gasteiger partial charge in [0.25, 0.3) is 0 Å². The van der Waals surface area contributed by atoms with E-state index >= 15 is 0 Å². The van der Waals surface area contributed by atoms with E-state index in [1.165, 1.54) is 18.3 Å².